The largest absolute Gasteiger partial charge is 0.497 e. The molecule has 29 heavy (non-hydrogen) atoms. The first-order valence-electron chi connectivity index (χ1n) is 9.40. The molecule has 1 aliphatic heterocycles. The van der Waals surface area contributed by atoms with E-state index in [1.54, 1.807) is 25.5 Å². The lowest BCUT2D eigenvalue weighted by molar-refractivity contribution is 0.0686. The molecule has 1 aliphatic rings. The average Bonchev–Trinajstić information content (AvgIpc) is 2.71. The molecule has 5 nitrogen and oxygen atoms in total. The molecule has 2 atom stereocenters. The molecule has 7 heteroatoms. The minimum absolute atomic E-state index is 0.247. The fourth-order valence-electron chi connectivity index (χ4n) is 3.31. The number of methoxy groups -OCH3 is 1. The van der Waals surface area contributed by atoms with Gasteiger partial charge in [0, 0.05) is 6.21 Å². The van der Waals surface area contributed by atoms with Gasteiger partial charge >= 0.3 is 5.97 Å². The smallest absolute Gasteiger partial charge is 0.341 e. The first kappa shape index (κ1) is 20.6. The number of hydrogen-bond donors (Lipinski definition) is 1. The summed E-state index contributed by atoms with van der Waals surface area (Å²) in [6, 6.07) is 8.16. The van der Waals surface area contributed by atoms with Crippen LogP contribution in [0.1, 0.15) is 59.8 Å². The maximum absolute atomic E-state index is 14.3. The van der Waals surface area contributed by atoms with Crippen molar-refractivity contribution in [3.8, 4) is 5.75 Å². The normalized spacial score (nSPS) is 18.4. The number of aliphatic imine (C=N–C) groups is 2. The predicted molar refractivity (Wildman–Crippen MR) is 107 cm³/mol. The van der Waals surface area contributed by atoms with Gasteiger partial charge in [-0.05, 0) is 48.2 Å². The summed E-state index contributed by atoms with van der Waals surface area (Å²) in [6.45, 7) is 2.06. The van der Waals surface area contributed by atoms with Gasteiger partial charge in [-0.15, -0.1) is 0 Å². The van der Waals surface area contributed by atoms with Gasteiger partial charge in [-0.1, -0.05) is 25.5 Å². The highest BCUT2D eigenvalue weighted by atomic mass is 19.1. The van der Waals surface area contributed by atoms with E-state index in [-0.39, 0.29) is 5.56 Å². The number of unbranched alkanes of at least 4 members (excludes halogenated alkanes) is 1. The van der Waals surface area contributed by atoms with Crippen LogP contribution in [0.4, 0.5) is 8.78 Å². The second kappa shape index (κ2) is 8.94. The van der Waals surface area contributed by atoms with E-state index in [4.69, 9.17) is 14.8 Å². The third kappa shape index (κ3) is 4.50. The molecule has 0 bridgehead atoms. The molecule has 0 saturated heterocycles. The van der Waals surface area contributed by atoms with Gasteiger partial charge in [0.25, 0.3) is 0 Å². The van der Waals surface area contributed by atoms with Crippen molar-refractivity contribution in [2.24, 2.45) is 9.98 Å². The minimum Gasteiger partial charge on any atom is -0.497 e. The quantitative estimate of drug-likeness (QED) is 0.697. The number of rotatable bonds is 7. The average molecular weight is 400 g/mol. The number of nitrogens with zero attached hydrogens (tertiary/aromatic N) is 2. The van der Waals surface area contributed by atoms with E-state index >= 15 is 0 Å². The van der Waals surface area contributed by atoms with Gasteiger partial charge in [0.05, 0.1) is 12.8 Å². The lowest BCUT2D eigenvalue weighted by atomic mass is 9.91. The summed E-state index contributed by atoms with van der Waals surface area (Å²) in [4.78, 5) is 20.4. The number of halogens is 2. The van der Waals surface area contributed by atoms with Crippen LogP contribution in [0.3, 0.4) is 0 Å². The van der Waals surface area contributed by atoms with Crippen molar-refractivity contribution < 1.29 is 23.4 Å². The molecule has 2 aromatic carbocycles. The highest BCUT2D eigenvalue weighted by Gasteiger charge is 2.29. The van der Waals surface area contributed by atoms with Crippen LogP contribution in [-0.4, -0.2) is 30.1 Å². The fraction of sp³-hybridized carbons (Fsp3) is 0.318. The van der Waals surface area contributed by atoms with Crippen LogP contribution in [0.2, 0.25) is 0 Å². The van der Waals surface area contributed by atoms with Crippen LogP contribution in [0, 0.1) is 11.6 Å². The first-order chi connectivity index (χ1) is 13.9. The molecule has 1 N–H and O–H groups in total. The molecule has 0 saturated carbocycles. The second-order valence-corrected chi connectivity index (χ2v) is 6.83. The summed E-state index contributed by atoms with van der Waals surface area (Å²) >= 11 is 0. The first-order valence-corrected chi connectivity index (χ1v) is 9.40. The Morgan fingerprint density at radius 2 is 1.76 bits per heavy atom. The van der Waals surface area contributed by atoms with Crippen LogP contribution in [0.25, 0.3) is 0 Å². The molecule has 0 radical (unpaired) electrons. The monoisotopic (exact) mass is 400 g/mol. The lowest BCUT2D eigenvalue weighted by Gasteiger charge is -2.26. The summed E-state index contributed by atoms with van der Waals surface area (Å²) in [5.41, 5.74) is 0.846. The molecule has 2 unspecified atom stereocenters. The SMILES string of the molecule is CCCCC1=NC(c2cc(F)c(C(=O)O)c(F)c2)C(c2ccc(OC)cc2)N=C1. The van der Waals surface area contributed by atoms with Crippen LogP contribution < -0.4 is 4.74 Å². The molecular weight excluding hydrogens is 378 g/mol. The number of hydrogen-bond acceptors (Lipinski definition) is 4. The Morgan fingerprint density at radius 1 is 1.10 bits per heavy atom. The fourth-order valence-corrected chi connectivity index (χ4v) is 3.31. The minimum atomic E-state index is -1.65. The maximum Gasteiger partial charge on any atom is 0.341 e. The van der Waals surface area contributed by atoms with E-state index in [2.05, 4.69) is 11.9 Å². The van der Waals surface area contributed by atoms with E-state index in [0.717, 1.165) is 36.2 Å². The van der Waals surface area contributed by atoms with Crippen molar-refractivity contribution in [1.29, 1.82) is 0 Å². The number of carboxylic acid groups (broad SMARTS) is 1. The zero-order chi connectivity index (χ0) is 21.0. The van der Waals surface area contributed by atoms with Crippen molar-refractivity contribution in [1.82, 2.24) is 0 Å². The standard InChI is InChI=1S/C22H22F2N2O3/c1-3-4-5-15-12-25-20(13-6-8-16(29-2)9-7-13)21(26-15)14-10-17(23)19(22(27)28)18(24)11-14/h6-12,20-21H,3-5H2,1-2H3,(H,27,28). The molecule has 0 fully saturated rings. The van der Waals surface area contributed by atoms with Crippen LogP contribution >= 0.6 is 0 Å². The van der Waals surface area contributed by atoms with E-state index < -0.39 is 35.3 Å². The van der Waals surface area contributed by atoms with Crippen molar-refractivity contribution in [3.05, 3.63) is 64.7 Å². The summed E-state index contributed by atoms with van der Waals surface area (Å²) < 4.78 is 33.8. The van der Waals surface area contributed by atoms with E-state index in [1.807, 2.05) is 12.1 Å². The Morgan fingerprint density at radius 3 is 2.31 bits per heavy atom. The zero-order valence-electron chi connectivity index (χ0n) is 16.2. The number of carboxylic acids is 1. The number of carbonyl (C=O) groups is 1. The number of aromatic carboxylic acids is 1. The molecule has 2 aromatic rings. The van der Waals surface area contributed by atoms with Gasteiger partial charge in [0.2, 0.25) is 0 Å². The van der Waals surface area contributed by atoms with Gasteiger partial charge in [-0.3, -0.25) is 9.98 Å². The lowest BCUT2D eigenvalue weighted by Crippen LogP contribution is -2.18. The molecule has 0 aliphatic carbocycles. The molecule has 3 rings (SSSR count). The van der Waals surface area contributed by atoms with Gasteiger partial charge in [0.15, 0.2) is 0 Å². The Hall–Kier alpha value is -3.09. The second-order valence-electron chi connectivity index (χ2n) is 6.83. The molecule has 0 aromatic heterocycles. The van der Waals surface area contributed by atoms with Gasteiger partial charge < -0.3 is 9.84 Å². The number of benzene rings is 2. The molecular formula is C22H22F2N2O3. The van der Waals surface area contributed by atoms with Crippen molar-refractivity contribution in [3.63, 3.8) is 0 Å². The third-order valence-electron chi connectivity index (χ3n) is 4.85. The van der Waals surface area contributed by atoms with Crippen molar-refractivity contribution in [2.75, 3.05) is 7.11 Å². The summed E-state index contributed by atoms with van der Waals surface area (Å²) in [5.74, 6) is -3.21. The van der Waals surface area contributed by atoms with Crippen molar-refractivity contribution in [2.45, 2.75) is 38.3 Å². The van der Waals surface area contributed by atoms with Crippen LogP contribution in [-0.2, 0) is 0 Å². The van der Waals surface area contributed by atoms with E-state index in [9.17, 15) is 13.6 Å². The van der Waals surface area contributed by atoms with E-state index in [1.165, 1.54) is 0 Å². The van der Waals surface area contributed by atoms with Crippen LogP contribution in [0.15, 0.2) is 46.4 Å². The van der Waals surface area contributed by atoms with Gasteiger partial charge in [-0.25, -0.2) is 13.6 Å². The topological polar surface area (TPSA) is 71.2 Å². The van der Waals surface area contributed by atoms with Crippen molar-refractivity contribution >= 4 is 17.9 Å². The summed E-state index contributed by atoms with van der Waals surface area (Å²) in [5, 5.41) is 9.02. The Bertz CT molecular complexity index is 932. The number of ether oxygens (including phenoxy) is 1. The van der Waals surface area contributed by atoms with Gasteiger partial charge in [-0.2, -0.15) is 0 Å². The Labute approximate surface area is 167 Å². The molecule has 0 spiro atoms. The Balaban J connectivity index is 2.04. The highest BCUT2D eigenvalue weighted by molar-refractivity contribution is 6.31. The third-order valence-corrected chi connectivity index (χ3v) is 4.85. The molecule has 0 amide bonds. The van der Waals surface area contributed by atoms with E-state index in [0.29, 0.717) is 12.2 Å². The zero-order valence-corrected chi connectivity index (χ0v) is 16.2. The van der Waals surface area contributed by atoms with Gasteiger partial charge in [0.1, 0.15) is 35.0 Å². The Kier molecular flexibility index (Phi) is 6.36. The maximum atomic E-state index is 14.3. The molecule has 152 valence electrons. The molecule has 1 heterocycles. The summed E-state index contributed by atoms with van der Waals surface area (Å²) in [7, 11) is 1.57. The summed E-state index contributed by atoms with van der Waals surface area (Å²) in [6.07, 6.45) is 4.32. The highest BCUT2D eigenvalue weighted by Crippen LogP contribution is 2.39. The van der Waals surface area contributed by atoms with Crippen LogP contribution in [0.5, 0.6) is 5.75 Å². The predicted octanol–water partition coefficient (Wildman–Crippen LogP) is 5.17.